The van der Waals surface area contributed by atoms with Gasteiger partial charge in [-0.15, -0.1) is 11.3 Å². The summed E-state index contributed by atoms with van der Waals surface area (Å²) in [7, 11) is 2.02. The van der Waals surface area contributed by atoms with E-state index in [1.807, 2.05) is 42.3 Å². The highest BCUT2D eigenvalue weighted by Gasteiger charge is 2.36. The monoisotopic (exact) mass is 327 g/mol. The smallest absolute Gasteiger partial charge is 0.338 e. The van der Waals surface area contributed by atoms with E-state index in [-0.39, 0.29) is 6.04 Å². The molecule has 0 amide bonds. The van der Waals surface area contributed by atoms with Gasteiger partial charge in [-0.05, 0) is 12.6 Å². The number of likely N-dealkylation sites (N-methyl/N-ethyl adjacent to an activating group) is 1. The highest BCUT2D eigenvalue weighted by Crippen LogP contribution is 2.36. The Hall–Kier alpha value is -1.60. The van der Waals surface area contributed by atoms with Crippen molar-refractivity contribution in [3.63, 3.8) is 0 Å². The van der Waals surface area contributed by atoms with Crippen LogP contribution >= 0.6 is 11.3 Å². The molecule has 2 heterocycles. The molecule has 1 saturated heterocycles. The van der Waals surface area contributed by atoms with Gasteiger partial charge in [-0.3, -0.25) is 0 Å². The summed E-state index contributed by atoms with van der Waals surface area (Å²) < 4.78 is 38.3. The largest absolute Gasteiger partial charge is 0.434 e. The number of hydrogen-bond donors (Lipinski definition) is 0. The summed E-state index contributed by atoms with van der Waals surface area (Å²) >= 11 is 1.06. The normalized spacial score (nSPS) is 20.4. The molecule has 0 aliphatic carbocycles. The fraction of sp³-hybridized carbons (Fsp3) is 0.400. The summed E-state index contributed by atoms with van der Waals surface area (Å²) in [6.45, 7) is 2.25. The molecule has 0 bridgehead atoms. The molecule has 3 nitrogen and oxygen atoms in total. The van der Waals surface area contributed by atoms with E-state index >= 15 is 0 Å². The van der Waals surface area contributed by atoms with Crippen molar-refractivity contribution in [2.45, 2.75) is 12.2 Å². The van der Waals surface area contributed by atoms with Crippen LogP contribution in [0.1, 0.15) is 17.3 Å². The molecular weight excluding hydrogens is 311 g/mol. The van der Waals surface area contributed by atoms with Crippen LogP contribution in [-0.4, -0.2) is 36.6 Å². The Labute approximate surface area is 131 Å². The molecule has 3 rings (SSSR count). The highest BCUT2D eigenvalue weighted by molar-refractivity contribution is 7.13. The molecule has 1 atom stereocenters. The van der Waals surface area contributed by atoms with E-state index < -0.39 is 11.9 Å². The average Bonchev–Trinajstić information content (AvgIpc) is 2.98. The van der Waals surface area contributed by atoms with Gasteiger partial charge in [-0.25, -0.2) is 4.98 Å². The lowest BCUT2D eigenvalue weighted by Crippen LogP contribution is -2.46. The molecular formula is C15H16F3N3S. The number of alkyl halides is 3. The Kier molecular flexibility index (Phi) is 4.10. The van der Waals surface area contributed by atoms with Crippen molar-refractivity contribution >= 4 is 16.5 Å². The minimum atomic E-state index is -4.39. The first-order chi connectivity index (χ1) is 10.4. The van der Waals surface area contributed by atoms with Crippen LogP contribution in [0.5, 0.6) is 0 Å². The summed E-state index contributed by atoms with van der Waals surface area (Å²) in [6, 6.07) is 9.87. The second-order valence-corrected chi connectivity index (χ2v) is 6.23. The van der Waals surface area contributed by atoms with Crippen molar-refractivity contribution in [1.29, 1.82) is 0 Å². The van der Waals surface area contributed by atoms with Gasteiger partial charge < -0.3 is 9.80 Å². The minimum absolute atomic E-state index is 0.0205. The van der Waals surface area contributed by atoms with E-state index in [4.69, 9.17) is 0 Å². The maximum Gasteiger partial charge on any atom is 0.434 e. The molecule has 2 aromatic rings. The lowest BCUT2D eigenvalue weighted by molar-refractivity contribution is -0.140. The van der Waals surface area contributed by atoms with E-state index in [2.05, 4.69) is 9.88 Å². The zero-order chi connectivity index (χ0) is 15.7. The lowest BCUT2D eigenvalue weighted by atomic mass is 10.0. The first-order valence-electron chi connectivity index (χ1n) is 6.98. The van der Waals surface area contributed by atoms with Crippen molar-refractivity contribution in [3.05, 3.63) is 47.0 Å². The predicted octanol–water partition coefficient (Wildman–Crippen LogP) is 3.66. The summed E-state index contributed by atoms with van der Waals surface area (Å²) in [6.07, 6.45) is -4.39. The van der Waals surface area contributed by atoms with Gasteiger partial charge >= 0.3 is 6.18 Å². The zero-order valence-electron chi connectivity index (χ0n) is 12.0. The molecule has 1 aromatic carbocycles. The predicted molar refractivity (Wildman–Crippen MR) is 81.1 cm³/mol. The molecule has 7 heteroatoms. The summed E-state index contributed by atoms with van der Waals surface area (Å²) in [5, 5.41) is 1.53. The molecule has 0 saturated carbocycles. The first-order valence-corrected chi connectivity index (χ1v) is 7.86. The van der Waals surface area contributed by atoms with Crippen molar-refractivity contribution in [3.8, 4) is 0 Å². The van der Waals surface area contributed by atoms with Gasteiger partial charge in [0.05, 0.1) is 6.04 Å². The number of nitrogens with zero attached hydrogens (tertiary/aromatic N) is 3. The third kappa shape index (κ3) is 3.10. The third-order valence-corrected chi connectivity index (χ3v) is 4.67. The maximum absolute atomic E-state index is 12.8. The van der Waals surface area contributed by atoms with Crippen molar-refractivity contribution in [2.75, 3.05) is 31.6 Å². The standard InChI is InChI=1S/C15H16F3N3S/c1-20-7-8-21(12(9-20)11-5-3-2-4-6-11)14-19-13(10-22-14)15(16,17)18/h2-6,10,12H,7-9H2,1H3. The van der Waals surface area contributed by atoms with Gasteiger partial charge in [0.2, 0.25) is 0 Å². The number of benzene rings is 1. The van der Waals surface area contributed by atoms with Crippen LogP contribution in [0.3, 0.4) is 0 Å². The Balaban J connectivity index is 1.91. The average molecular weight is 327 g/mol. The number of aromatic nitrogens is 1. The second kappa shape index (κ2) is 5.89. The fourth-order valence-corrected chi connectivity index (χ4v) is 3.54. The molecule has 1 fully saturated rings. The SMILES string of the molecule is CN1CCN(c2nc(C(F)(F)F)cs2)C(c2ccccc2)C1. The summed E-state index contributed by atoms with van der Waals surface area (Å²) in [5.41, 5.74) is 0.288. The van der Waals surface area contributed by atoms with E-state index in [0.29, 0.717) is 11.7 Å². The van der Waals surface area contributed by atoms with Crippen LogP contribution in [0.4, 0.5) is 18.3 Å². The van der Waals surface area contributed by atoms with Crippen LogP contribution in [-0.2, 0) is 6.18 Å². The molecule has 1 aliphatic heterocycles. The third-order valence-electron chi connectivity index (χ3n) is 3.80. The highest BCUT2D eigenvalue weighted by atomic mass is 32.1. The fourth-order valence-electron chi connectivity index (χ4n) is 2.64. The first kappa shape index (κ1) is 15.3. The summed E-state index contributed by atoms with van der Waals surface area (Å²) in [4.78, 5) is 7.98. The van der Waals surface area contributed by atoms with Gasteiger partial charge in [0.25, 0.3) is 0 Å². The number of thiazole rings is 1. The Bertz CT molecular complexity index is 626. The molecule has 1 aliphatic rings. The summed E-state index contributed by atoms with van der Waals surface area (Å²) in [5.74, 6) is 0. The van der Waals surface area contributed by atoms with Crippen molar-refractivity contribution in [1.82, 2.24) is 9.88 Å². The van der Waals surface area contributed by atoms with Gasteiger partial charge in [0.15, 0.2) is 10.8 Å². The van der Waals surface area contributed by atoms with E-state index in [1.165, 1.54) is 0 Å². The van der Waals surface area contributed by atoms with E-state index in [0.717, 1.165) is 35.4 Å². The molecule has 118 valence electrons. The molecule has 22 heavy (non-hydrogen) atoms. The van der Waals surface area contributed by atoms with Crippen LogP contribution in [0.15, 0.2) is 35.7 Å². The number of piperazine rings is 1. The Morgan fingerprint density at radius 2 is 1.91 bits per heavy atom. The number of anilines is 1. The topological polar surface area (TPSA) is 19.4 Å². The lowest BCUT2D eigenvalue weighted by Gasteiger charge is -2.40. The van der Waals surface area contributed by atoms with E-state index in [1.54, 1.807) is 0 Å². The zero-order valence-corrected chi connectivity index (χ0v) is 12.9. The van der Waals surface area contributed by atoms with Gasteiger partial charge in [0.1, 0.15) is 0 Å². The molecule has 1 unspecified atom stereocenters. The van der Waals surface area contributed by atoms with E-state index in [9.17, 15) is 13.2 Å². The van der Waals surface area contributed by atoms with Crippen LogP contribution in [0.25, 0.3) is 0 Å². The van der Waals surface area contributed by atoms with Crippen LogP contribution in [0, 0.1) is 0 Å². The van der Waals surface area contributed by atoms with Crippen LogP contribution in [0.2, 0.25) is 0 Å². The number of halogens is 3. The number of rotatable bonds is 2. The van der Waals surface area contributed by atoms with Crippen LogP contribution < -0.4 is 4.90 Å². The molecule has 1 aromatic heterocycles. The molecule has 0 spiro atoms. The quantitative estimate of drug-likeness (QED) is 0.839. The van der Waals surface area contributed by atoms with Gasteiger partial charge in [-0.1, -0.05) is 30.3 Å². The number of hydrogen-bond acceptors (Lipinski definition) is 4. The maximum atomic E-state index is 12.8. The van der Waals surface area contributed by atoms with Crippen molar-refractivity contribution in [2.24, 2.45) is 0 Å². The van der Waals surface area contributed by atoms with Gasteiger partial charge in [0, 0.05) is 25.0 Å². The Morgan fingerprint density at radius 3 is 2.55 bits per heavy atom. The molecule has 0 radical (unpaired) electrons. The molecule has 0 N–H and O–H groups in total. The Morgan fingerprint density at radius 1 is 1.18 bits per heavy atom. The van der Waals surface area contributed by atoms with Gasteiger partial charge in [-0.2, -0.15) is 13.2 Å². The minimum Gasteiger partial charge on any atom is -0.338 e. The second-order valence-electron chi connectivity index (χ2n) is 5.40. The van der Waals surface area contributed by atoms with Crippen molar-refractivity contribution < 1.29 is 13.2 Å².